The number of aliphatic hydroxyl groups excluding tert-OH is 3. The van der Waals surface area contributed by atoms with Crippen LogP contribution in [0.25, 0.3) is 0 Å². The van der Waals surface area contributed by atoms with Gasteiger partial charge in [0.25, 0.3) is 0 Å². The minimum absolute atomic E-state index is 0.000163. The maximum absolute atomic E-state index is 16.0. The minimum atomic E-state index is -1.91. The molecule has 8 atom stereocenters. The summed E-state index contributed by atoms with van der Waals surface area (Å²) in [6, 6.07) is 10.1. The molecule has 7 nitrogen and oxygen atoms in total. The lowest BCUT2D eigenvalue weighted by Crippen LogP contribution is -2.62. The van der Waals surface area contributed by atoms with Gasteiger partial charge < -0.3 is 25.8 Å². The largest absolute Gasteiger partial charge is 0.399 e. The fourth-order valence-electron chi connectivity index (χ4n) is 9.31. The molecule has 4 aliphatic rings. The number of halogens is 2. The molecule has 9 heteroatoms. The molecule has 44 heavy (non-hydrogen) atoms. The van der Waals surface area contributed by atoms with E-state index in [-0.39, 0.29) is 58.9 Å². The molecule has 4 aliphatic carbocycles. The van der Waals surface area contributed by atoms with Gasteiger partial charge in [0.1, 0.15) is 18.0 Å². The Morgan fingerprint density at radius 1 is 1.23 bits per heavy atom. The van der Waals surface area contributed by atoms with Gasteiger partial charge in [-0.15, -0.1) is 0 Å². The molecule has 0 radical (unpaired) electrons. The molecule has 6 rings (SSSR count). The molecular weight excluding hydrogens is 585 g/mol. The molecule has 2 aromatic rings. The zero-order valence-corrected chi connectivity index (χ0v) is 25.7. The first-order chi connectivity index (χ1) is 20.8. The number of hydrogen-bond donors (Lipinski definition) is 4. The number of fused-ring (bicyclic) bond motifs is 5. The molecule has 0 spiro atoms. The summed E-state index contributed by atoms with van der Waals surface area (Å²) in [5.41, 5.74) is 5.06. The van der Waals surface area contributed by atoms with Crippen LogP contribution in [0.4, 0.5) is 10.1 Å². The van der Waals surface area contributed by atoms with Crippen molar-refractivity contribution in [2.24, 2.45) is 28.6 Å². The van der Waals surface area contributed by atoms with Gasteiger partial charge in [0, 0.05) is 28.9 Å². The van der Waals surface area contributed by atoms with Crippen LogP contribution >= 0.6 is 11.6 Å². The highest BCUT2D eigenvalue weighted by Gasteiger charge is 2.69. The van der Waals surface area contributed by atoms with E-state index in [4.69, 9.17) is 22.1 Å². The number of hydrogen-bond acceptors (Lipinski definition) is 7. The van der Waals surface area contributed by atoms with Gasteiger partial charge in [-0.05, 0) is 85.4 Å². The Morgan fingerprint density at radius 3 is 2.73 bits per heavy atom. The molecule has 2 unspecified atom stereocenters. The lowest BCUT2D eigenvalue weighted by atomic mass is 9.46. The fraction of sp³-hybridized carbons (Fsp3) is 0.486. The lowest BCUT2D eigenvalue weighted by Gasteiger charge is -2.60. The third-order valence-electron chi connectivity index (χ3n) is 11.3. The molecule has 0 bridgehead atoms. The minimum Gasteiger partial charge on any atom is -0.399 e. The smallest absolute Gasteiger partial charge is 0.190 e. The van der Waals surface area contributed by atoms with E-state index in [0.29, 0.717) is 18.5 Å². The van der Waals surface area contributed by atoms with E-state index in [1.165, 1.54) is 12.1 Å². The monoisotopic (exact) mass is 623 g/mol. The van der Waals surface area contributed by atoms with Crippen molar-refractivity contribution in [1.29, 1.82) is 0 Å². The molecule has 234 valence electrons. The molecule has 0 heterocycles. The van der Waals surface area contributed by atoms with E-state index in [1.807, 2.05) is 19.1 Å². The van der Waals surface area contributed by atoms with Crippen LogP contribution < -0.4 is 5.73 Å². The van der Waals surface area contributed by atoms with Crippen LogP contribution in [0.2, 0.25) is 5.02 Å². The summed E-state index contributed by atoms with van der Waals surface area (Å²) >= 11 is 6.44. The zero-order chi connectivity index (χ0) is 31.6. The highest BCUT2D eigenvalue weighted by molar-refractivity contribution is 6.31. The van der Waals surface area contributed by atoms with Crippen molar-refractivity contribution in [2.45, 2.75) is 70.4 Å². The molecule has 3 saturated carbocycles. The van der Waals surface area contributed by atoms with Crippen LogP contribution in [0.15, 0.2) is 60.2 Å². The van der Waals surface area contributed by atoms with Crippen LogP contribution in [0.3, 0.4) is 0 Å². The standard InChI is InChI=1S/C35H39ClFNO6/c1-33-12-10-23(40)16-21(33)7-8-24-25-11-13-35(28(42)18-39,34(25,2)17-27(41)30(24)33)44-32(43)29-26(36)9-6-20(31(29)37)14-19-4-3-5-22(38)15-19/h3-6,9-10,12,15-16,24-25,27,30,32,39,41,43H,7-8,11,13-14,17-18,38H2,1-2H3/t24-,25?,27-,30?,32-,33-,34-,35-/m0/s1. The molecule has 3 fully saturated rings. The summed E-state index contributed by atoms with van der Waals surface area (Å²) in [5, 5.41) is 33.4. The van der Waals surface area contributed by atoms with Gasteiger partial charge in [-0.3, -0.25) is 9.59 Å². The van der Waals surface area contributed by atoms with Crippen molar-refractivity contribution in [1.82, 2.24) is 0 Å². The average molecular weight is 624 g/mol. The van der Waals surface area contributed by atoms with Crippen molar-refractivity contribution in [3.05, 3.63) is 87.7 Å². The third-order valence-corrected chi connectivity index (χ3v) is 11.7. The number of nitrogen functional groups attached to an aromatic ring is 1. The fourth-order valence-corrected chi connectivity index (χ4v) is 9.55. The number of aliphatic hydroxyl groups is 3. The van der Waals surface area contributed by atoms with E-state index in [9.17, 15) is 24.9 Å². The number of allylic oxidation sites excluding steroid dienone is 4. The summed E-state index contributed by atoms with van der Waals surface area (Å²) in [4.78, 5) is 25.9. The zero-order valence-electron chi connectivity index (χ0n) is 24.9. The van der Waals surface area contributed by atoms with E-state index in [0.717, 1.165) is 17.6 Å². The van der Waals surface area contributed by atoms with Gasteiger partial charge in [-0.25, -0.2) is 4.39 Å². The van der Waals surface area contributed by atoms with Crippen molar-refractivity contribution < 1.29 is 34.0 Å². The number of carbonyl (C=O) groups is 2. The summed E-state index contributed by atoms with van der Waals surface area (Å²) in [6.45, 7) is 3.11. The van der Waals surface area contributed by atoms with Gasteiger partial charge >= 0.3 is 0 Å². The average Bonchev–Trinajstić information content (AvgIpc) is 3.26. The summed E-state index contributed by atoms with van der Waals surface area (Å²) in [7, 11) is 0. The quantitative estimate of drug-likeness (QED) is 0.245. The Hall–Kier alpha value is -2.88. The topological polar surface area (TPSA) is 130 Å². The van der Waals surface area contributed by atoms with Crippen molar-refractivity contribution in [2.75, 3.05) is 12.3 Å². The second kappa shape index (κ2) is 11.2. The highest BCUT2D eigenvalue weighted by Crippen LogP contribution is 2.68. The Bertz CT molecular complexity index is 1570. The molecular formula is C35H39ClFNO6. The van der Waals surface area contributed by atoms with Gasteiger partial charge in [-0.1, -0.05) is 55.3 Å². The normalized spacial score (nSPS) is 35.0. The number of Topliss-reactive ketones (excluding diaryl/α,β-unsaturated/α-hetero) is 1. The number of benzene rings is 2. The first-order valence-corrected chi connectivity index (χ1v) is 15.7. The van der Waals surface area contributed by atoms with Gasteiger partial charge in [0.15, 0.2) is 17.9 Å². The van der Waals surface area contributed by atoms with Gasteiger partial charge in [0.2, 0.25) is 0 Å². The number of rotatable bonds is 7. The summed E-state index contributed by atoms with van der Waals surface area (Å²) in [5.74, 6) is -1.68. The van der Waals surface area contributed by atoms with Crippen LogP contribution in [0.5, 0.6) is 0 Å². The van der Waals surface area contributed by atoms with E-state index < -0.39 is 47.0 Å². The van der Waals surface area contributed by atoms with Crippen molar-refractivity contribution >= 4 is 28.9 Å². The van der Waals surface area contributed by atoms with Crippen LogP contribution in [-0.2, 0) is 20.7 Å². The number of carbonyl (C=O) groups excluding carboxylic acids is 2. The predicted molar refractivity (Wildman–Crippen MR) is 164 cm³/mol. The summed E-state index contributed by atoms with van der Waals surface area (Å²) < 4.78 is 22.3. The maximum atomic E-state index is 16.0. The SMILES string of the molecule is C[C@]12C=CC(=O)C=C1CC[C@@H]1C2[C@@H](O)C[C@@]2(C)C1CC[C@]2(O[C@H](O)c1c(Cl)ccc(Cc2cccc(N)c2)c1F)C(=O)CO. The van der Waals surface area contributed by atoms with Gasteiger partial charge in [-0.2, -0.15) is 0 Å². The lowest BCUT2D eigenvalue weighted by molar-refractivity contribution is -0.244. The highest BCUT2D eigenvalue weighted by atomic mass is 35.5. The molecule has 0 saturated heterocycles. The molecule has 0 aliphatic heterocycles. The predicted octanol–water partition coefficient (Wildman–Crippen LogP) is 5.24. The Kier molecular flexibility index (Phi) is 7.90. The van der Waals surface area contributed by atoms with Crippen molar-refractivity contribution in [3.63, 3.8) is 0 Å². The van der Waals surface area contributed by atoms with E-state index in [2.05, 4.69) is 6.92 Å². The second-order valence-electron chi connectivity index (χ2n) is 13.5. The number of ketones is 2. The van der Waals surface area contributed by atoms with E-state index >= 15 is 4.39 Å². The second-order valence-corrected chi connectivity index (χ2v) is 13.9. The first-order valence-electron chi connectivity index (χ1n) is 15.3. The Labute approximate surface area is 261 Å². The van der Waals surface area contributed by atoms with Crippen LogP contribution in [-0.4, -0.2) is 45.2 Å². The number of anilines is 1. The molecule has 0 aromatic heterocycles. The molecule has 2 aromatic carbocycles. The number of nitrogens with two attached hydrogens (primary N) is 1. The number of ether oxygens (including phenoxy) is 1. The molecule has 0 amide bonds. The van der Waals surface area contributed by atoms with E-state index in [1.54, 1.807) is 30.4 Å². The van der Waals surface area contributed by atoms with Gasteiger partial charge in [0.05, 0.1) is 16.7 Å². The summed E-state index contributed by atoms with van der Waals surface area (Å²) in [6.07, 6.45) is 4.95. The molecule has 5 N–H and O–H groups in total. The third kappa shape index (κ3) is 4.69. The van der Waals surface area contributed by atoms with Crippen LogP contribution in [0, 0.1) is 34.4 Å². The van der Waals surface area contributed by atoms with Crippen LogP contribution in [0.1, 0.15) is 68.9 Å². The van der Waals surface area contributed by atoms with Crippen molar-refractivity contribution in [3.8, 4) is 0 Å². The maximum Gasteiger partial charge on any atom is 0.190 e. The Morgan fingerprint density at radius 2 is 2.00 bits per heavy atom. The Balaban J connectivity index is 1.34. The first kappa shape index (κ1) is 31.1.